The molecule has 2 atom stereocenters. The van der Waals surface area contributed by atoms with Crippen LogP contribution < -0.4 is 16.0 Å². The molecule has 1 aromatic carbocycles. The highest BCUT2D eigenvalue weighted by Crippen LogP contribution is 2.36. The van der Waals surface area contributed by atoms with Crippen LogP contribution in [-0.2, 0) is 26.5 Å². The smallest absolute Gasteiger partial charge is 0.410 e. The van der Waals surface area contributed by atoms with Crippen molar-refractivity contribution in [2.45, 2.75) is 77.7 Å². The lowest BCUT2D eigenvalue weighted by Gasteiger charge is -2.39. The number of hydrogen-bond acceptors (Lipinski definition) is 8. The normalized spacial score (nSPS) is 20.6. The van der Waals surface area contributed by atoms with Crippen molar-refractivity contribution in [1.82, 2.24) is 20.3 Å². The molecular formula is C30H41N5O6. The van der Waals surface area contributed by atoms with Gasteiger partial charge in [0.15, 0.2) is 0 Å². The van der Waals surface area contributed by atoms with Crippen LogP contribution in [0, 0.1) is 19.8 Å². The third-order valence-electron chi connectivity index (χ3n) is 7.66. The van der Waals surface area contributed by atoms with Crippen molar-refractivity contribution < 1.29 is 29.1 Å². The Bertz CT molecular complexity index is 1250. The van der Waals surface area contributed by atoms with Crippen molar-refractivity contribution in [1.29, 1.82) is 0 Å². The van der Waals surface area contributed by atoms with Gasteiger partial charge in [-0.25, -0.2) is 10.3 Å². The van der Waals surface area contributed by atoms with Crippen LogP contribution in [0.2, 0.25) is 0 Å². The van der Waals surface area contributed by atoms with E-state index in [4.69, 9.17) is 15.2 Å². The molecule has 41 heavy (non-hydrogen) atoms. The molecule has 0 bridgehead atoms. The number of hydroxylamine groups is 1. The average Bonchev–Trinajstić information content (AvgIpc) is 3.21. The number of carbonyl (C=O) groups excluding carboxylic acids is 3. The van der Waals surface area contributed by atoms with E-state index >= 15 is 0 Å². The van der Waals surface area contributed by atoms with Gasteiger partial charge in [0.1, 0.15) is 29.5 Å². The summed E-state index contributed by atoms with van der Waals surface area (Å²) in [5.74, 6) is -0.662. The summed E-state index contributed by atoms with van der Waals surface area (Å²) in [6.45, 7) is 10.7. The van der Waals surface area contributed by atoms with Crippen LogP contribution in [0.1, 0.15) is 62.5 Å². The minimum Gasteiger partial charge on any atom is -0.489 e. The lowest BCUT2D eigenvalue weighted by atomic mass is 9.87. The molecule has 4 N–H and O–H groups in total. The lowest BCUT2D eigenvalue weighted by Crippen LogP contribution is -2.56. The number of nitrogens with two attached hydrogens (primary N) is 1. The van der Waals surface area contributed by atoms with Crippen LogP contribution in [0.5, 0.6) is 5.75 Å². The van der Waals surface area contributed by atoms with E-state index in [1.807, 2.05) is 46.8 Å². The monoisotopic (exact) mass is 567 g/mol. The van der Waals surface area contributed by atoms with Crippen molar-refractivity contribution in [3.63, 3.8) is 0 Å². The average molecular weight is 568 g/mol. The Kier molecular flexibility index (Phi) is 8.89. The van der Waals surface area contributed by atoms with E-state index in [1.165, 1.54) is 4.90 Å². The van der Waals surface area contributed by atoms with Crippen molar-refractivity contribution in [3.05, 3.63) is 58.9 Å². The number of likely N-dealkylation sites (tertiary alicyclic amines) is 2. The lowest BCUT2D eigenvalue weighted by molar-refractivity contribution is -0.147. The number of piperidine rings is 1. The molecule has 11 nitrogen and oxygen atoms in total. The number of rotatable bonds is 7. The predicted octanol–water partition coefficient (Wildman–Crippen LogP) is 3.18. The molecule has 2 aliphatic heterocycles. The van der Waals surface area contributed by atoms with Crippen LogP contribution in [0.3, 0.4) is 0 Å². The maximum absolute atomic E-state index is 13.7. The number of nitrogens with one attached hydrogen (secondary N) is 1. The number of aromatic nitrogens is 1. The van der Waals surface area contributed by atoms with Crippen LogP contribution in [0.15, 0.2) is 36.4 Å². The molecule has 2 aliphatic rings. The van der Waals surface area contributed by atoms with E-state index in [0.29, 0.717) is 50.3 Å². The fourth-order valence-corrected chi connectivity index (χ4v) is 5.71. The second-order valence-corrected chi connectivity index (χ2v) is 12.0. The van der Waals surface area contributed by atoms with Gasteiger partial charge in [-0.1, -0.05) is 12.1 Å². The summed E-state index contributed by atoms with van der Waals surface area (Å²) in [4.78, 5) is 46.5. The zero-order valence-corrected chi connectivity index (χ0v) is 24.5. The molecule has 3 amide bonds. The summed E-state index contributed by atoms with van der Waals surface area (Å²) >= 11 is 0. The van der Waals surface area contributed by atoms with Gasteiger partial charge in [0.05, 0.1) is 0 Å². The van der Waals surface area contributed by atoms with E-state index in [1.54, 1.807) is 34.6 Å². The molecule has 4 rings (SSSR count). The third-order valence-corrected chi connectivity index (χ3v) is 7.66. The summed E-state index contributed by atoms with van der Waals surface area (Å²) in [6.07, 6.45) is 0.853. The first-order chi connectivity index (χ1) is 19.3. The minimum absolute atomic E-state index is 0.261. The molecule has 222 valence electrons. The highest BCUT2D eigenvalue weighted by Gasteiger charge is 2.50. The zero-order valence-electron chi connectivity index (χ0n) is 24.5. The summed E-state index contributed by atoms with van der Waals surface area (Å²) in [6, 6.07) is 10.2. The Morgan fingerprint density at radius 1 is 1.12 bits per heavy atom. The van der Waals surface area contributed by atoms with Gasteiger partial charge in [-0.3, -0.25) is 19.8 Å². The van der Waals surface area contributed by atoms with E-state index < -0.39 is 29.2 Å². The molecule has 2 aromatic rings. The Labute approximate surface area is 240 Å². The molecule has 2 fully saturated rings. The third kappa shape index (κ3) is 6.97. The van der Waals surface area contributed by atoms with Gasteiger partial charge >= 0.3 is 6.09 Å². The fraction of sp³-hybridized carbons (Fsp3) is 0.533. The van der Waals surface area contributed by atoms with E-state index in [2.05, 4.69) is 4.98 Å². The van der Waals surface area contributed by atoms with E-state index in [0.717, 1.165) is 17.0 Å². The summed E-state index contributed by atoms with van der Waals surface area (Å²) in [5.41, 5.74) is 9.99. The molecule has 3 heterocycles. The van der Waals surface area contributed by atoms with Crippen molar-refractivity contribution in [3.8, 4) is 5.75 Å². The Balaban J connectivity index is 1.42. The first-order valence-corrected chi connectivity index (χ1v) is 14.0. The van der Waals surface area contributed by atoms with Gasteiger partial charge in [0, 0.05) is 31.0 Å². The number of aryl methyl sites for hydroxylation is 2. The van der Waals surface area contributed by atoms with Crippen molar-refractivity contribution >= 4 is 17.9 Å². The minimum atomic E-state index is -1.32. The summed E-state index contributed by atoms with van der Waals surface area (Å²) in [5, 5.41) is 9.52. The molecule has 1 aromatic heterocycles. The highest BCUT2D eigenvalue weighted by molar-refractivity contribution is 5.94. The van der Waals surface area contributed by atoms with Gasteiger partial charge in [0.25, 0.3) is 5.91 Å². The van der Waals surface area contributed by atoms with E-state index in [-0.39, 0.29) is 18.4 Å². The van der Waals surface area contributed by atoms with Gasteiger partial charge in [-0.05, 0) is 95.2 Å². The maximum Gasteiger partial charge on any atom is 0.410 e. The number of amides is 3. The summed E-state index contributed by atoms with van der Waals surface area (Å²) in [7, 11) is 0. The predicted molar refractivity (Wildman–Crippen MR) is 151 cm³/mol. The second-order valence-electron chi connectivity index (χ2n) is 12.0. The SMILES string of the molecule is Cc1cc(COc2ccc(C3(N)CCN([C@@H](C(=O)NO)C4CCN(C(=O)OC(C)(C)C)CC4)C3=O)cc2)cc(C)n1. The molecule has 1 unspecified atom stereocenters. The molecule has 11 heteroatoms. The quantitative estimate of drug-likeness (QED) is 0.341. The Hall–Kier alpha value is -3.70. The Morgan fingerprint density at radius 3 is 2.29 bits per heavy atom. The maximum atomic E-state index is 13.7. The van der Waals surface area contributed by atoms with Crippen LogP contribution >= 0.6 is 0 Å². The first kappa shape index (κ1) is 30.3. The van der Waals surface area contributed by atoms with Gasteiger partial charge < -0.3 is 25.0 Å². The zero-order chi connectivity index (χ0) is 29.9. The van der Waals surface area contributed by atoms with Gasteiger partial charge in [-0.2, -0.15) is 0 Å². The van der Waals surface area contributed by atoms with Crippen molar-refractivity contribution in [2.24, 2.45) is 11.7 Å². The van der Waals surface area contributed by atoms with Crippen LogP contribution in [0.4, 0.5) is 4.79 Å². The number of hydrogen-bond donors (Lipinski definition) is 3. The summed E-state index contributed by atoms with van der Waals surface area (Å²) < 4.78 is 11.4. The number of benzene rings is 1. The van der Waals surface area contributed by atoms with Crippen molar-refractivity contribution in [2.75, 3.05) is 19.6 Å². The van der Waals surface area contributed by atoms with E-state index in [9.17, 15) is 19.6 Å². The second kappa shape index (κ2) is 12.0. The standard InChI is InChI=1S/C30H41N5O6/c1-19-16-21(17-20(2)32-19)18-40-24-8-6-23(7-9-24)30(31)12-15-35(27(30)37)25(26(36)33-39)22-10-13-34(14-11-22)28(38)41-29(3,4)5/h6-9,16-17,22,25,39H,10-15,18,31H2,1-5H3,(H,33,36)/t25-,30?/m1/s1. The number of carbonyl (C=O) groups is 3. The number of ether oxygens (including phenoxy) is 2. The van der Waals surface area contributed by atoms with Crippen LogP contribution in [0.25, 0.3) is 0 Å². The Morgan fingerprint density at radius 2 is 1.73 bits per heavy atom. The fourth-order valence-electron chi connectivity index (χ4n) is 5.71. The van der Waals surface area contributed by atoms with Gasteiger partial charge in [-0.15, -0.1) is 0 Å². The molecular weight excluding hydrogens is 526 g/mol. The molecule has 0 spiro atoms. The van der Waals surface area contributed by atoms with Crippen LogP contribution in [-0.4, -0.2) is 69.2 Å². The molecule has 0 aliphatic carbocycles. The largest absolute Gasteiger partial charge is 0.489 e. The number of pyridine rings is 1. The molecule has 0 saturated carbocycles. The topological polar surface area (TPSA) is 147 Å². The molecule has 0 radical (unpaired) electrons. The van der Waals surface area contributed by atoms with Gasteiger partial charge in [0.2, 0.25) is 5.91 Å². The first-order valence-electron chi connectivity index (χ1n) is 14.0. The number of nitrogens with zero attached hydrogens (tertiary/aromatic N) is 3. The molecule has 2 saturated heterocycles. The highest BCUT2D eigenvalue weighted by atomic mass is 16.6.